The average molecular weight is 372 g/mol. The summed E-state index contributed by atoms with van der Waals surface area (Å²) in [4.78, 5) is 34.4. The molecule has 0 bridgehead atoms. The standard InChI is InChI=1S/C22H33N3O2/c1-17(2)10-14-25-19-8-4-5-11-22(19,12-9-20(25)26)21(27)24(3)16-18-7-6-13-23-15-18/h6-7,13,15,17,19H,4-5,8-12,14,16H2,1-3H3/t19-,22-/m1/s1. The van der Waals surface area contributed by atoms with E-state index in [2.05, 4.69) is 23.7 Å². The van der Waals surface area contributed by atoms with Crippen LogP contribution in [0.25, 0.3) is 0 Å². The third kappa shape index (κ3) is 4.17. The highest BCUT2D eigenvalue weighted by molar-refractivity contribution is 5.88. The van der Waals surface area contributed by atoms with Crippen LogP contribution in [0.4, 0.5) is 0 Å². The zero-order valence-corrected chi connectivity index (χ0v) is 17.0. The van der Waals surface area contributed by atoms with E-state index in [1.54, 1.807) is 6.20 Å². The third-order valence-electron chi connectivity index (χ3n) is 6.33. The molecule has 1 aromatic heterocycles. The molecule has 2 heterocycles. The lowest BCUT2D eigenvalue weighted by Crippen LogP contribution is -2.61. The van der Waals surface area contributed by atoms with Gasteiger partial charge in [-0.05, 0) is 43.2 Å². The van der Waals surface area contributed by atoms with Crippen molar-refractivity contribution >= 4 is 11.8 Å². The summed E-state index contributed by atoms with van der Waals surface area (Å²) in [6, 6.07) is 3.98. The minimum atomic E-state index is -0.403. The van der Waals surface area contributed by atoms with E-state index >= 15 is 0 Å². The fraction of sp³-hybridized carbons (Fsp3) is 0.682. The summed E-state index contributed by atoms with van der Waals surface area (Å²) < 4.78 is 0. The lowest BCUT2D eigenvalue weighted by molar-refractivity contribution is -0.161. The molecule has 0 spiro atoms. The number of amides is 2. The molecule has 0 unspecified atom stereocenters. The first-order valence-electron chi connectivity index (χ1n) is 10.4. The van der Waals surface area contributed by atoms with Crippen LogP contribution in [0.2, 0.25) is 0 Å². The molecule has 1 saturated heterocycles. The van der Waals surface area contributed by atoms with Crippen molar-refractivity contribution in [3.05, 3.63) is 30.1 Å². The SMILES string of the molecule is CC(C)CCN1C(=O)CC[C@]2(C(=O)N(C)Cc3cccnc3)CCCC[C@@H]12. The van der Waals surface area contributed by atoms with Crippen LogP contribution in [0.5, 0.6) is 0 Å². The van der Waals surface area contributed by atoms with Gasteiger partial charge in [-0.1, -0.05) is 32.8 Å². The topological polar surface area (TPSA) is 53.5 Å². The molecule has 5 heteroatoms. The number of likely N-dealkylation sites (tertiary alicyclic amines) is 1. The van der Waals surface area contributed by atoms with Crippen LogP contribution in [0.15, 0.2) is 24.5 Å². The number of carbonyl (C=O) groups excluding carboxylic acids is 2. The maximum absolute atomic E-state index is 13.6. The molecule has 2 fully saturated rings. The molecule has 2 amide bonds. The number of carbonyl (C=O) groups is 2. The summed E-state index contributed by atoms with van der Waals surface area (Å²) in [5, 5.41) is 0. The highest BCUT2D eigenvalue weighted by atomic mass is 16.2. The average Bonchev–Trinajstić information content (AvgIpc) is 2.67. The molecule has 3 rings (SSSR count). The fourth-order valence-corrected chi connectivity index (χ4v) is 4.87. The number of aromatic nitrogens is 1. The minimum Gasteiger partial charge on any atom is -0.341 e. The third-order valence-corrected chi connectivity index (χ3v) is 6.33. The molecule has 27 heavy (non-hydrogen) atoms. The monoisotopic (exact) mass is 371 g/mol. The Morgan fingerprint density at radius 2 is 2.19 bits per heavy atom. The van der Waals surface area contributed by atoms with Gasteiger partial charge in [-0.3, -0.25) is 14.6 Å². The number of nitrogens with zero attached hydrogens (tertiary/aromatic N) is 3. The van der Waals surface area contributed by atoms with E-state index in [4.69, 9.17) is 0 Å². The van der Waals surface area contributed by atoms with Gasteiger partial charge in [-0.15, -0.1) is 0 Å². The smallest absolute Gasteiger partial charge is 0.230 e. The van der Waals surface area contributed by atoms with E-state index in [1.165, 1.54) is 0 Å². The molecule has 5 nitrogen and oxygen atoms in total. The molecule has 2 atom stereocenters. The van der Waals surface area contributed by atoms with Gasteiger partial charge in [-0.25, -0.2) is 0 Å². The first-order valence-corrected chi connectivity index (χ1v) is 10.4. The van der Waals surface area contributed by atoms with Crippen LogP contribution in [-0.4, -0.2) is 46.2 Å². The second-order valence-corrected chi connectivity index (χ2v) is 8.71. The highest BCUT2D eigenvalue weighted by Crippen LogP contribution is 2.47. The van der Waals surface area contributed by atoms with Gasteiger partial charge in [0.05, 0.1) is 5.41 Å². The van der Waals surface area contributed by atoms with Crippen LogP contribution in [0.3, 0.4) is 0 Å². The largest absolute Gasteiger partial charge is 0.341 e. The zero-order valence-electron chi connectivity index (χ0n) is 17.0. The van der Waals surface area contributed by atoms with Gasteiger partial charge in [-0.2, -0.15) is 0 Å². The Bertz CT molecular complexity index is 661. The molecule has 148 valence electrons. The van der Waals surface area contributed by atoms with E-state index in [-0.39, 0.29) is 17.9 Å². The van der Waals surface area contributed by atoms with Crippen molar-refractivity contribution in [3.63, 3.8) is 0 Å². The van der Waals surface area contributed by atoms with E-state index in [0.29, 0.717) is 25.3 Å². The Kier molecular flexibility index (Phi) is 6.18. The number of pyridine rings is 1. The first-order chi connectivity index (χ1) is 12.9. The zero-order chi connectivity index (χ0) is 19.4. The Balaban J connectivity index is 1.81. The number of rotatable bonds is 6. The Labute approximate surface area is 163 Å². The molecule has 0 radical (unpaired) electrons. The van der Waals surface area contributed by atoms with Crippen molar-refractivity contribution < 1.29 is 9.59 Å². The molecule has 2 aliphatic rings. The molecule has 1 saturated carbocycles. The second kappa shape index (κ2) is 8.41. The van der Waals surface area contributed by atoms with Crippen molar-refractivity contribution in [2.75, 3.05) is 13.6 Å². The maximum Gasteiger partial charge on any atom is 0.230 e. The maximum atomic E-state index is 13.6. The normalized spacial score (nSPS) is 25.4. The van der Waals surface area contributed by atoms with Crippen molar-refractivity contribution in [2.24, 2.45) is 11.3 Å². The summed E-state index contributed by atoms with van der Waals surface area (Å²) in [6.07, 6.45) is 9.81. The van der Waals surface area contributed by atoms with Crippen molar-refractivity contribution in [3.8, 4) is 0 Å². The first kappa shape index (κ1) is 19.8. The Morgan fingerprint density at radius 3 is 2.89 bits per heavy atom. The van der Waals surface area contributed by atoms with E-state index in [0.717, 1.165) is 44.2 Å². The summed E-state index contributed by atoms with van der Waals surface area (Å²) in [5.74, 6) is 1.00. The van der Waals surface area contributed by atoms with Crippen molar-refractivity contribution in [1.29, 1.82) is 0 Å². The van der Waals surface area contributed by atoms with Gasteiger partial charge >= 0.3 is 0 Å². The van der Waals surface area contributed by atoms with Gasteiger partial charge in [0.25, 0.3) is 0 Å². The van der Waals surface area contributed by atoms with Crippen LogP contribution in [-0.2, 0) is 16.1 Å². The summed E-state index contributed by atoms with van der Waals surface area (Å²) in [7, 11) is 1.89. The predicted octanol–water partition coefficient (Wildman–Crippen LogP) is 3.64. The molecular weight excluding hydrogens is 338 g/mol. The van der Waals surface area contributed by atoms with E-state index in [1.807, 2.05) is 30.3 Å². The van der Waals surface area contributed by atoms with Crippen LogP contribution in [0, 0.1) is 11.3 Å². The summed E-state index contributed by atoms with van der Waals surface area (Å²) in [5.41, 5.74) is 0.640. The molecule has 1 aliphatic heterocycles. The van der Waals surface area contributed by atoms with Crippen molar-refractivity contribution in [2.45, 2.75) is 71.4 Å². The number of hydrogen-bond donors (Lipinski definition) is 0. The van der Waals surface area contributed by atoms with Crippen LogP contribution >= 0.6 is 0 Å². The van der Waals surface area contributed by atoms with Crippen molar-refractivity contribution in [1.82, 2.24) is 14.8 Å². The molecule has 0 N–H and O–H groups in total. The second-order valence-electron chi connectivity index (χ2n) is 8.71. The van der Waals surface area contributed by atoms with Gasteiger partial charge < -0.3 is 9.80 Å². The number of piperidine rings is 1. The molecule has 1 aliphatic carbocycles. The fourth-order valence-electron chi connectivity index (χ4n) is 4.87. The quantitative estimate of drug-likeness (QED) is 0.767. The van der Waals surface area contributed by atoms with Crippen LogP contribution in [0.1, 0.15) is 64.4 Å². The number of hydrogen-bond acceptors (Lipinski definition) is 3. The highest BCUT2D eigenvalue weighted by Gasteiger charge is 2.53. The minimum absolute atomic E-state index is 0.0649. The lowest BCUT2D eigenvalue weighted by Gasteiger charge is -2.52. The predicted molar refractivity (Wildman–Crippen MR) is 106 cm³/mol. The molecular formula is C22H33N3O2. The van der Waals surface area contributed by atoms with Gasteiger partial charge in [0.2, 0.25) is 11.8 Å². The van der Waals surface area contributed by atoms with Gasteiger partial charge in [0.1, 0.15) is 0 Å². The van der Waals surface area contributed by atoms with E-state index in [9.17, 15) is 9.59 Å². The molecule has 1 aromatic rings. The summed E-state index contributed by atoms with van der Waals surface area (Å²) >= 11 is 0. The van der Waals surface area contributed by atoms with E-state index < -0.39 is 5.41 Å². The van der Waals surface area contributed by atoms with Gasteiger partial charge in [0.15, 0.2) is 0 Å². The number of fused-ring (bicyclic) bond motifs is 1. The van der Waals surface area contributed by atoms with Gasteiger partial charge in [0, 0.05) is 45.0 Å². The Morgan fingerprint density at radius 1 is 1.37 bits per heavy atom. The molecule has 0 aromatic carbocycles. The summed E-state index contributed by atoms with van der Waals surface area (Å²) in [6.45, 7) is 5.73. The van der Waals surface area contributed by atoms with Crippen LogP contribution < -0.4 is 0 Å². The Hall–Kier alpha value is -1.91. The lowest BCUT2D eigenvalue weighted by atomic mass is 9.64.